The number of nitrogens with one attached hydrogen (secondary N) is 3. The van der Waals surface area contributed by atoms with Crippen LogP contribution < -0.4 is 20.2 Å². The number of nitriles is 1. The van der Waals surface area contributed by atoms with E-state index < -0.39 is 18.0 Å². The van der Waals surface area contributed by atoms with Crippen molar-refractivity contribution in [2.24, 2.45) is 5.10 Å². The average molecular weight is 478 g/mol. The van der Waals surface area contributed by atoms with Gasteiger partial charge in [-0.2, -0.15) is 10.4 Å². The van der Waals surface area contributed by atoms with Crippen LogP contribution in [0.2, 0.25) is 0 Å². The van der Waals surface area contributed by atoms with E-state index >= 15 is 0 Å². The Morgan fingerprint density at radius 3 is 2.74 bits per heavy atom. The van der Waals surface area contributed by atoms with Gasteiger partial charge in [0.15, 0.2) is 18.1 Å². The normalized spacial score (nSPS) is 11.6. The Morgan fingerprint density at radius 2 is 1.97 bits per heavy atom. The fraction of sp³-hybridized carbons (Fsp3) is 0.280. The molecule has 0 aliphatic rings. The minimum absolute atomic E-state index is 0.102. The molecule has 1 heterocycles. The predicted octanol–water partition coefficient (Wildman–Crippen LogP) is 3.28. The minimum Gasteiger partial charge on any atom is -0.490 e. The van der Waals surface area contributed by atoms with E-state index in [1.54, 1.807) is 25.1 Å². The number of carbonyl (C=O) groups excluding carboxylic acids is 2. The number of hydrogen-bond donors (Lipinski definition) is 3. The number of nitrogens with zero attached hydrogens (tertiary/aromatic N) is 2. The molecule has 0 spiro atoms. The lowest BCUT2D eigenvalue weighted by atomic mass is 10.0. The first-order chi connectivity index (χ1) is 17.0. The number of aromatic amines is 1. The number of fused-ring (bicyclic) bond motifs is 1. The third kappa shape index (κ3) is 6.98. The lowest BCUT2D eigenvalue weighted by Gasteiger charge is -2.16. The summed E-state index contributed by atoms with van der Waals surface area (Å²) in [7, 11) is 0. The number of ether oxygens (including phenoxy) is 3. The van der Waals surface area contributed by atoms with Gasteiger partial charge in [-0.15, -0.1) is 0 Å². The van der Waals surface area contributed by atoms with Crippen LogP contribution in [0, 0.1) is 11.3 Å². The molecule has 0 unspecified atom stereocenters. The van der Waals surface area contributed by atoms with E-state index in [1.165, 1.54) is 6.21 Å². The zero-order valence-corrected chi connectivity index (χ0v) is 19.5. The maximum atomic E-state index is 12.9. The number of carbonyl (C=O) groups is 2. The highest BCUT2D eigenvalue weighted by Gasteiger charge is 2.23. The Kier molecular flexibility index (Phi) is 9.07. The van der Waals surface area contributed by atoms with Crippen LogP contribution >= 0.6 is 0 Å². The second-order valence-electron chi connectivity index (χ2n) is 7.30. The second kappa shape index (κ2) is 12.6. The van der Waals surface area contributed by atoms with Crippen molar-refractivity contribution in [1.29, 1.82) is 5.26 Å². The summed E-state index contributed by atoms with van der Waals surface area (Å²) in [6.07, 6.45) is 2.81. The van der Waals surface area contributed by atoms with E-state index in [2.05, 4.69) is 20.8 Å². The number of amides is 2. The standard InChI is InChI=1S/C25H27N5O5/c1-3-33-23-13-17(9-10-22(23)35-12-11-26)15-28-30-24(31)21(29-25(32)34-4-2)14-18-16-27-20-8-6-5-7-19(18)20/h5-10,13,15-16,21,27H,3-4,12,14H2,1-2H3,(H,29,32)(H,30,31)/b28-15-/t21-/m1/s1. The van der Waals surface area contributed by atoms with Crippen molar-refractivity contribution in [3.8, 4) is 17.6 Å². The highest BCUT2D eigenvalue weighted by Crippen LogP contribution is 2.28. The topological polar surface area (TPSA) is 138 Å². The van der Waals surface area contributed by atoms with Gasteiger partial charge >= 0.3 is 6.09 Å². The van der Waals surface area contributed by atoms with Crippen LogP contribution in [0.15, 0.2) is 53.8 Å². The molecule has 0 aliphatic carbocycles. The Balaban J connectivity index is 1.72. The van der Waals surface area contributed by atoms with Gasteiger partial charge in [0.1, 0.15) is 12.1 Å². The van der Waals surface area contributed by atoms with Crippen molar-refractivity contribution in [3.63, 3.8) is 0 Å². The van der Waals surface area contributed by atoms with Crippen molar-refractivity contribution in [3.05, 3.63) is 59.8 Å². The molecule has 3 N–H and O–H groups in total. The molecule has 0 saturated carbocycles. The summed E-state index contributed by atoms with van der Waals surface area (Å²) < 4.78 is 15.9. The number of aromatic nitrogens is 1. The number of rotatable bonds is 11. The van der Waals surface area contributed by atoms with Gasteiger partial charge in [0.25, 0.3) is 5.91 Å². The van der Waals surface area contributed by atoms with Crippen LogP contribution in [0.3, 0.4) is 0 Å². The van der Waals surface area contributed by atoms with E-state index in [-0.39, 0.29) is 19.6 Å². The van der Waals surface area contributed by atoms with Crippen molar-refractivity contribution in [2.75, 3.05) is 19.8 Å². The molecule has 3 rings (SSSR count). The van der Waals surface area contributed by atoms with Crippen LogP contribution in [0.5, 0.6) is 11.5 Å². The number of H-pyrrole nitrogens is 1. The summed E-state index contributed by atoms with van der Waals surface area (Å²) in [5.41, 5.74) is 4.92. The largest absolute Gasteiger partial charge is 0.490 e. The first-order valence-electron chi connectivity index (χ1n) is 11.1. The monoisotopic (exact) mass is 477 g/mol. The maximum Gasteiger partial charge on any atom is 0.407 e. The first kappa shape index (κ1) is 25.1. The molecule has 35 heavy (non-hydrogen) atoms. The van der Waals surface area contributed by atoms with Gasteiger partial charge in [0.2, 0.25) is 0 Å². The number of hydrazone groups is 1. The van der Waals surface area contributed by atoms with Crippen LogP contribution in [0.1, 0.15) is 25.0 Å². The summed E-state index contributed by atoms with van der Waals surface area (Å²) >= 11 is 0. The molecule has 0 radical (unpaired) electrons. The maximum absolute atomic E-state index is 12.9. The van der Waals surface area contributed by atoms with Gasteiger partial charge < -0.3 is 24.5 Å². The molecule has 0 saturated heterocycles. The van der Waals surface area contributed by atoms with E-state index in [0.717, 1.165) is 16.5 Å². The number of para-hydroxylation sites is 1. The van der Waals surface area contributed by atoms with E-state index in [1.807, 2.05) is 43.5 Å². The van der Waals surface area contributed by atoms with Crippen molar-refractivity contribution in [1.82, 2.24) is 15.7 Å². The molecular formula is C25H27N5O5. The smallest absolute Gasteiger partial charge is 0.407 e. The highest BCUT2D eigenvalue weighted by molar-refractivity contribution is 5.89. The van der Waals surface area contributed by atoms with Gasteiger partial charge in [0, 0.05) is 23.5 Å². The average Bonchev–Trinajstić information content (AvgIpc) is 3.26. The van der Waals surface area contributed by atoms with Crippen molar-refractivity contribution < 1.29 is 23.8 Å². The fourth-order valence-corrected chi connectivity index (χ4v) is 3.40. The fourth-order valence-electron chi connectivity index (χ4n) is 3.40. The molecule has 0 aliphatic heterocycles. The van der Waals surface area contributed by atoms with E-state index in [9.17, 15) is 9.59 Å². The zero-order valence-electron chi connectivity index (χ0n) is 19.5. The van der Waals surface area contributed by atoms with E-state index in [0.29, 0.717) is 23.7 Å². The molecular weight excluding hydrogens is 450 g/mol. The quantitative estimate of drug-likeness (QED) is 0.286. The SMILES string of the molecule is CCOC(=O)N[C@H](Cc1c[nH]c2ccccc12)C(=O)N/N=C\c1ccc(OCC#N)c(OCC)c1. The summed E-state index contributed by atoms with van der Waals surface area (Å²) in [6.45, 7) is 4.01. The lowest BCUT2D eigenvalue weighted by Crippen LogP contribution is -2.47. The third-order valence-corrected chi connectivity index (χ3v) is 4.93. The zero-order chi connectivity index (χ0) is 25.0. The molecule has 10 heteroatoms. The van der Waals surface area contributed by atoms with Gasteiger partial charge in [-0.3, -0.25) is 4.79 Å². The van der Waals surface area contributed by atoms with Crippen LogP contribution in [-0.2, 0) is 16.0 Å². The summed E-state index contributed by atoms with van der Waals surface area (Å²) in [5, 5.41) is 16.3. The minimum atomic E-state index is -0.911. The number of benzene rings is 2. The molecule has 1 aromatic heterocycles. The van der Waals surface area contributed by atoms with Gasteiger partial charge in [-0.25, -0.2) is 10.2 Å². The van der Waals surface area contributed by atoms with Gasteiger partial charge in [0.05, 0.1) is 19.4 Å². The third-order valence-electron chi connectivity index (χ3n) is 4.93. The summed E-state index contributed by atoms with van der Waals surface area (Å²) in [5.74, 6) is 0.393. The molecule has 0 bridgehead atoms. The molecule has 10 nitrogen and oxygen atoms in total. The summed E-state index contributed by atoms with van der Waals surface area (Å²) in [6, 6.07) is 13.8. The Labute approximate surface area is 202 Å². The number of alkyl carbamates (subject to hydrolysis) is 1. The second-order valence-corrected chi connectivity index (χ2v) is 7.30. The van der Waals surface area contributed by atoms with Crippen LogP contribution in [-0.4, -0.2) is 49.1 Å². The van der Waals surface area contributed by atoms with Gasteiger partial charge in [-0.1, -0.05) is 18.2 Å². The van der Waals surface area contributed by atoms with E-state index in [4.69, 9.17) is 19.5 Å². The van der Waals surface area contributed by atoms with Crippen LogP contribution in [0.25, 0.3) is 10.9 Å². The molecule has 182 valence electrons. The highest BCUT2D eigenvalue weighted by atomic mass is 16.5. The van der Waals surface area contributed by atoms with Gasteiger partial charge in [-0.05, 0) is 49.2 Å². The van der Waals surface area contributed by atoms with Crippen molar-refractivity contribution in [2.45, 2.75) is 26.3 Å². The molecule has 0 fully saturated rings. The Morgan fingerprint density at radius 1 is 1.14 bits per heavy atom. The van der Waals surface area contributed by atoms with Crippen LogP contribution in [0.4, 0.5) is 4.79 Å². The lowest BCUT2D eigenvalue weighted by molar-refractivity contribution is -0.123. The Bertz CT molecular complexity index is 1230. The van der Waals surface area contributed by atoms with Crippen molar-refractivity contribution >= 4 is 29.1 Å². The molecule has 2 amide bonds. The summed E-state index contributed by atoms with van der Waals surface area (Å²) in [4.78, 5) is 28.1. The number of hydrogen-bond acceptors (Lipinski definition) is 7. The Hall–Kier alpha value is -4.52. The molecule has 2 aromatic carbocycles. The predicted molar refractivity (Wildman–Crippen MR) is 130 cm³/mol. The first-order valence-corrected chi connectivity index (χ1v) is 11.1. The molecule has 1 atom stereocenters. The molecule has 3 aromatic rings.